The van der Waals surface area contributed by atoms with Crippen molar-refractivity contribution in [3.63, 3.8) is 0 Å². The van der Waals surface area contributed by atoms with Crippen molar-refractivity contribution in [3.8, 4) is 11.5 Å². The van der Waals surface area contributed by atoms with Gasteiger partial charge in [0.2, 0.25) is 0 Å². The van der Waals surface area contributed by atoms with Gasteiger partial charge in [-0.05, 0) is 50.5 Å². The molecule has 1 saturated heterocycles. The number of likely N-dealkylation sites (N-methyl/N-ethyl adjacent to an activating group) is 1. The van der Waals surface area contributed by atoms with Gasteiger partial charge in [-0.3, -0.25) is 9.69 Å². The number of likely N-dealkylation sites (tertiary alicyclic amines) is 1. The molecule has 0 amide bonds. The van der Waals surface area contributed by atoms with Gasteiger partial charge in [-0.25, -0.2) is 0 Å². The summed E-state index contributed by atoms with van der Waals surface area (Å²) in [5, 5.41) is 0. The molecular weight excluding hydrogens is 414 g/mol. The summed E-state index contributed by atoms with van der Waals surface area (Å²) in [5.74, 6) is 1.54. The molecule has 1 aromatic rings. The van der Waals surface area contributed by atoms with Gasteiger partial charge in [-0.15, -0.1) is 0 Å². The summed E-state index contributed by atoms with van der Waals surface area (Å²) in [5.41, 5.74) is 1.67. The fourth-order valence-electron chi connectivity index (χ4n) is 2.52. The molecule has 1 fully saturated rings. The molecule has 1 aromatic carbocycles. The average Bonchev–Trinajstić information content (AvgIpc) is 2.50. The lowest BCUT2D eigenvalue weighted by atomic mass is 10.00. The van der Waals surface area contributed by atoms with E-state index >= 15 is 0 Å². The number of hydrogen-bond donors (Lipinski definition) is 0. The molecule has 0 unspecified atom stereocenters. The molecule has 0 atom stereocenters. The Morgan fingerprint density at radius 2 is 1.95 bits per heavy atom. The Morgan fingerprint density at radius 1 is 1.27 bits per heavy atom. The molecule has 0 aliphatic carbocycles. The zero-order valence-corrected chi connectivity index (χ0v) is 16.1. The summed E-state index contributed by atoms with van der Waals surface area (Å²) in [7, 11) is 3.21. The summed E-state index contributed by atoms with van der Waals surface area (Å²) in [6.45, 7) is 4.56. The highest BCUT2D eigenvalue weighted by Gasteiger charge is 2.22. The maximum Gasteiger partial charge on any atom is 0.161 e. The Kier molecular flexibility index (Phi) is 6.06. The van der Waals surface area contributed by atoms with Crippen LogP contribution < -0.4 is 9.47 Å². The van der Waals surface area contributed by atoms with Gasteiger partial charge in [0.05, 0.1) is 18.7 Å². The molecule has 1 heterocycles. The van der Waals surface area contributed by atoms with Crippen molar-refractivity contribution >= 4 is 43.7 Å². The third-order valence-electron chi connectivity index (χ3n) is 3.75. The maximum atomic E-state index is 12.2. The highest BCUT2D eigenvalue weighted by molar-refractivity contribution is 9.11. The largest absolute Gasteiger partial charge is 0.495 e. The summed E-state index contributed by atoms with van der Waals surface area (Å²) < 4.78 is 12.4. The van der Waals surface area contributed by atoms with Crippen molar-refractivity contribution in [1.29, 1.82) is 0 Å². The quantitative estimate of drug-likeness (QED) is 0.676. The van der Waals surface area contributed by atoms with E-state index in [-0.39, 0.29) is 5.78 Å². The van der Waals surface area contributed by atoms with Crippen LogP contribution in [-0.4, -0.2) is 44.5 Å². The normalized spacial score (nSPS) is 17.9. The summed E-state index contributed by atoms with van der Waals surface area (Å²) in [6.07, 6.45) is 2.48. The lowest BCUT2D eigenvalue weighted by Crippen LogP contribution is -2.35. The minimum Gasteiger partial charge on any atom is -0.495 e. The first-order valence-corrected chi connectivity index (χ1v) is 8.66. The van der Waals surface area contributed by atoms with Gasteiger partial charge in [-0.1, -0.05) is 6.92 Å². The predicted octanol–water partition coefficient (Wildman–Crippen LogP) is 3.91. The van der Waals surface area contributed by atoms with Crippen LogP contribution in [0, 0.1) is 0 Å². The number of halogens is 2. The second-order valence-corrected chi connectivity index (χ2v) is 6.69. The summed E-state index contributed by atoms with van der Waals surface area (Å²) in [4.78, 5) is 14.4. The Labute approximate surface area is 147 Å². The molecule has 6 heteroatoms. The van der Waals surface area contributed by atoms with E-state index in [1.54, 1.807) is 14.2 Å². The van der Waals surface area contributed by atoms with E-state index < -0.39 is 0 Å². The molecule has 22 heavy (non-hydrogen) atoms. The van der Waals surface area contributed by atoms with Gasteiger partial charge >= 0.3 is 0 Å². The number of methoxy groups -OCH3 is 2. The van der Waals surface area contributed by atoms with Gasteiger partial charge in [0.25, 0.3) is 0 Å². The van der Waals surface area contributed by atoms with Gasteiger partial charge < -0.3 is 9.47 Å². The van der Waals surface area contributed by atoms with E-state index in [4.69, 9.17) is 9.47 Å². The number of rotatable bonds is 4. The van der Waals surface area contributed by atoms with Gasteiger partial charge in [0, 0.05) is 30.6 Å². The lowest BCUT2D eigenvalue weighted by Gasteiger charge is -2.26. The SMILES string of the molecule is CCN1CCC(=O)/C(=C/c2cc(Br)c(OC)c(Br)c2OC)C1. The van der Waals surface area contributed by atoms with Crippen LogP contribution in [0.4, 0.5) is 0 Å². The first-order valence-electron chi connectivity index (χ1n) is 7.07. The summed E-state index contributed by atoms with van der Waals surface area (Å²) >= 11 is 7.00. The van der Waals surface area contributed by atoms with Gasteiger partial charge in [0.1, 0.15) is 10.2 Å². The van der Waals surface area contributed by atoms with Crippen LogP contribution in [0.2, 0.25) is 0 Å². The fourth-order valence-corrected chi connectivity index (χ4v) is 4.16. The molecule has 4 nitrogen and oxygen atoms in total. The molecule has 0 spiro atoms. The number of ketones is 1. The van der Waals surface area contributed by atoms with E-state index in [1.165, 1.54) is 0 Å². The van der Waals surface area contributed by atoms with Crippen LogP contribution in [0.1, 0.15) is 18.9 Å². The molecule has 2 rings (SSSR count). The maximum absolute atomic E-state index is 12.2. The molecular formula is C16H19Br2NO3. The zero-order valence-electron chi connectivity index (χ0n) is 12.9. The highest BCUT2D eigenvalue weighted by Crippen LogP contribution is 2.43. The van der Waals surface area contributed by atoms with E-state index in [9.17, 15) is 4.79 Å². The van der Waals surface area contributed by atoms with Crippen molar-refractivity contribution in [3.05, 3.63) is 26.1 Å². The van der Waals surface area contributed by atoms with Crippen molar-refractivity contribution in [2.24, 2.45) is 0 Å². The van der Waals surface area contributed by atoms with E-state index in [1.807, 2.05) is 12.1 Å². The van der Waals surface area contributed by atoms with E-state index in [0.29, 0.717) is 24.5 Å². The Hall–Kier alpha value is -0.850. The van der Waals surface area contributed by atoms with Crippen LogP contribution in [0.5, 0.6) is 11.5 Å². The van der Waals surface area contributed by atoms with Crippen molar-refractivity contribution < 1.29 is 14.3 Å². The van der Waals surface area contributed by atoms with Crippen LogP contribution in [-0.2, 0) is 4.79 Å². The van der Waals surface area contributed by atoms with E-state index in [0.717, 1.165) is 33.2 Å². The van der Waals surface area contributed by atoms with Crippen molar-refractivity contribution in [2.45, 2.75) is 13.3 Å². The number of benzene rings is 1. The number of Topliss-reactive ketones (excluding diaryl/α,β-unsaturated/α-hetero) is 1. The number of carbonyl (C=O) groups excluding carboxylic acids is 1. The topological polar surface area (TPSA) is 38.8 Å². The minimum absolute atomic E-state index is 0.204. The van der Waals surface area contributed by atoms with Crippen molar-refractivity contribution in [1.82, 2.24) is 4.90 Å². The lowest BCUT2D eigenvalue weighted by molar-refractivity contribution is -0.117. The zero-order chi connectivity index (χ0) is 16.3. The molecule has 0 aromatic heterocycles. The molecule has 0 N–H and O–H groups in total. The second kappa shape index (κ2) is 7.62. The third-order valence-corrected chi connectivity index (χ3v) is 5.06. The summed E-state index contributed by atoms with van der Waals surface area (Å²) in [6, 6.07) is 1.91. The minimum atomic E-state index is 0.204. The Morgan fingerprint density at radius 3 is 2.55 bits per heavy atom. The average molecular weight is 433 g/mol. The number of piperidine rings is 1. The molecule has 0 saturated carbocycles. The Bertz CT molecular complexity index is 614. The fraction of sp³-hybridized carbons (Fsp3) is 0.438. The third kappa shape index (κ3) is 3.55. The number of hydrogen-bond acceptors (Lipinski definition) is 4. The number of ether oxygens (including phenoxy) is 2. The smallest absolute Gasteiger partial charge is 0.161 e. The van der Waals surface area contributed by atoms with Gasteiger partial charge in [0.15, 0.2) is 11.5 Å². The van der Waals surface area contributed by atoms with Gasteiger partial charge in [-0.2, -0.15) is 0 Å². The first kappa shape index (κ1) is 17.5. The van der Waals surface area contributed by atoms with E-state index in [2.05, 4.69) is 43.7 Å². The van der Waals surface area contributed by atoms with Crippen LogP contribution in [0.3, 0.4) is 0 Å². The monoisotopic (exact) mass is 431 g/mol. The molecule has 1 aliphatic heterocycles. The molecule has 1 aliphatic rings. The standard InChI is InChI=1S/C16H19Br2NO3/c1-4-19-6-5-13(20)11(9-19)7-10-8-12(17)16(22-3)14(18)15(10)21-2/h7-8H,4-6,9H2,1-3H3/b11-7+. The predicted molar refractivity (Wildman–Crippen MR) is 94.7 cm³/mol. The first-order chi connectivity index (χ1) is 10.5. The van der Waals surface area contributed by atoms with Crippen LogP contribution in [0.15, 0.2) is 20.6 Å². The second-order valence-electron chi connectivity index (χ2n) is 5.04. The van der Waals surface area contributed by atoms with Crippen LogP contribution in [0.25, 0.3) is 6.08 Å². The Balaban J connectivity index is 2.47. The number of nitrogens with zero attached hydrogens (tertiary/aromatic N) is 1. The molecule has 0 radical (unpaired) electrons. The van der Waals surface area contributed by atoms with Crippen molar-refractivity contribution in [2.75, 3.05) is 33.9 Å². The van der Waals surface area contributed by atoms with Crippen LogP contribution >= 0.6 is 31.9 Å². The number of carbonyl (C=O) groups is 1. The molecule has 0 bridgehead atoms. The molecule has 120 valence electrons. The highest BCUT2D eigenvalue weighted by atomic mass is 79.9.